The zero-order valence-corrected chi connectivity index (χ0v) is 12.4. The molecule has 112 valence electrons. The predicted octanol–water partition coefficient (Wildman–Crippen LogP) is 3.32. The van der Waals surface area contributed by atoms with Gasteiger partial charge >= 0.3 is 0 Å². The quantitative estimate of drug-likeness (QED) is 0.642. The molecule has 3 atom stereocenters. The lowest BCUT2D eigenvalue weighted by molar-refractivity contribution is -0.102. The monoisotopic (exact) mass is 280 g/mol. The molecule has 0 aromatic heterocycles. The van der Waals surface area contributed by atoms with Crippen LogP contribution in [0.1, 0.15) is 51.1 Å². The molecule has 1 saturated carbocycles. The van der Waals surface area contributed by atoms with Crippen molar-refractivity contribution in [2.24, 2.45) is 11.8 Å². The fraction of sp³-hybridized carbons (Fsp3) is 0.625. The molecule has 0 amide bonds. The van der Waals surface area contributed by atoms with E-state index in [0.717, 1.165) is 19.3 Å². The number of hydrogen-bond acceptors (Lipinski definition) is 3. The first kappa shape index (κ1) is 15.4. The maximum Gasteiger partial charge on any atom is 0.128 e. The molecule has 1 aromatic carbocycles. The molecule has 3 N–H and O–H groups in total. The first-order valence-electron chi connectivity index (χ1n) is 7.47. The summed E-state index contributed by atoms with van der Waals surface area (Å²) in [4.78, 5) is 0. The van der Waals surface area contributed by atoms with Crippen molar-refractivity contribution < 1.29 is 9.13 Å². The fourth-order valence-corrected chi connectivity index (χ4v) is 3.54. The standard InChI is InChI=1S/C16H25FN2O/c1-3-20-16(10-6-7-12(2)11-16)15(19-18)13-8-4-5-9-14(13)17/h4-5,8-9,12,15,19H,3,6-7,10-11,18H2,1-2H3. The average molecular weight is 280 g/mol. The van der Waals surface area contributed by atoms with Gasteiger partial charge in [-0.3, -0.25) is 5.84 Å². The molecule has 1 aliphatic rings. The van der Waals surface area contributed by atoms with E-state index in [9.17, 15) is 4.39 Å². The number of nitrogens with one attached hydrogen (secondary N) is 1. The normalized spacial score (nSPS) is 28.3. The highest BCUT2D eigenvalue weighted by Gasteiger charge is 2.43. The summed E-state index contributed by atoms with van der Waals surface area (Å²) >= 11 is 0. The zero-order valence-electron chi connectivity index (χ0n) is 12.4. The minimum atomic E-state index is -0.413. The topological polar surface area (TPSA) is 47.3 Å². The summed E-state index contributed by atoms with van der Waals surface area (Å²) in [5.41, 5.74) is 2.99. The van der Waals surface area contributed by atoms with Crippen LogP contribution in [0.4, 0.5) is 4.39 Å². The van der Waals surface area contributed by atoms with Gasteiger partial charge in [0.2, 0.25) is 0 Å². The van der Waals surface area contributed by atoms with Crippen LogP contribution in [0.5, 0.6) is 0 Å². The number of nitrogens with two attached hydrogens (primary N) is 1. The van der Waals surface area contributed by atoms with Crippen LogP contribution in [0.15, 0.2) is 24.3 Å². The van der Waals surface area contributed by atoms with E-state index in [1.54, 1.807) is 12.1 Å². The van der Waals surface area contributed by atoms with E-state index in [1.807, 2.05) is 13.0 Å². The Kier molecular flexibility index (Phi) is 5.13. The highest BCUT2D eigenvalue weighted by Crippen LogP contribution is 2.43. The molecule has 0 aliphatic heterocycles. The van der Waals surface area contributed by atoms with E-state index in [4.69, 9.17) is 10.6 Å². The molecule has 2 rings (SSSR count). The Labute approximate surface area is 120 Å². The van der Waals surface area contributed by atoms with Gasteiger partial charge in [0, 0.05) is 12.2 Å². The first-order valence-corrected chi connectivity index (χ1v) is 7.47. The number of ether oxygens (including phenoxy) is 1. The van der Waals surface area contributed by atoms with Crippen molar-refractivity contribution in [1.82, 2.24) is 5.43 Å². The molecule has 3 unspecified atom stereocenters. The maximum absolute atomic E-state index is 14.1. The molecule has 0 bridgehead atoms. The van der Waals surface area contributed by atoms with Gasteiger partial charge in [-0.05, 0) is 31.7 Å². The van der Waals surface area contributed by atoms with E-state index in [2.05, 4.69) is 12.3 Å². The smallest absolute Gasteiger partial charge is 0.128 e. The summed E-state index contributed by atoms with van der Waals surface area (Å²) < 4.78 is 20.2. The molecule has 1 fully saturated rings. The van der Waals surface area contributed by atoms with Crippen molar-refractivity contribution >= 4 is 0 Å². The van der Waals surface area contributed by atoms with Gasteiger partial charge in [0.05, 0.1) is 11.6 Å². The van der Waals surface area contributed by atoms with E-state index >= 15 is 0 Å². The number of benzene rings is 1. The molecule has 0 saturated heterocycles. The lowest BCUT2D eigenvalue weighted by atomic mass is 9.72. The van der Waals surface area contributed by atoms with Crippen LogP contribution in [-0.4, -0.2) is 12.2 Å². The average Bonchev–Trinajstić information content (AvgIpc) is 2.42. The Hall–Kier alpha value is -0.970. The third kappa shape index (κ3) is 3.03. The van der Waals surface area contributed by atoms with Crippen LogP contribution < -0.4 is 11.3 Å². The minimum absolute atomic E-state index is 0.229. The number of hydrogen-bond donors (Lipinski definition) is 2. The molecule has 0 heterocycles. The van der Waals surface area contributed by atoms with Crippen molar-refractivity contribution in [2.45, 2.75) is 51.2 Å². The van der Waals surface area contributed by atoms with Crippen LogP contribution >= 0.6 is 0 Å². The summed E-state index contributed by atoms with van der Waals surface area (Å²) in [5.74, 6) is 6.11. The van der Waals surface area contributed by atoms with Gasteiger partial charge in [0.25, 0.3) is 0 Å². The highest BCUT2D eigenvalue weighted by atomic mass is 19.1. The van der Waals surface area contributed by atoms with Crippen molar-refractivity contribution in [3.8, 4) is 0 Å². The Bertz CT molecular complexity index is 436. The molecule has 0 spiro atoms. The lowest BCUT2D eigenvalue weighted by Gasteiger charge is -2.45. The highest BCUT2D eigenvalue weighted by molar-refractivity contribution is 5.24. The zero-order chi connectivity index (χ0) is 14.6. The van der Waals surface area contributed by atoms with Crippen LogP contribution in [0.2, 0.25) is 0 Å². The van der Waals surface area contributed by atoms with Crippen LogP contribution in [0.3, 0.4) is 0 Å². The lowest BCUT2D eigenvalue weighted by Crippen LogP contribution is -2.51. The minimum Gasteiger partial charge on any atom is -0.373 e. The van der Waals surface area contributed by atoms with E-state index in [1.165, 1.54) is 12.5 Å². The maximum atomic E-state index is 14.1. The van der Waals surface area contributed by atoms with Gasteiger partial charge in [0.1, 0.15) is 5.82 Å². The number of hydrazine groups is 1. The second-order valence-electron chi connectivity index (χ2n) is 5.82. The Morgan fingerprint density at radius 2 is 2.25 bits per heavy atom. The largest absolute Gasteiger partial charge is 0.373 e. The number of halogens is 1. The molecule has 1 aliphatic carbocycles. The second-order valence-corrected chi connectivity index (χ2v) is 5.82. The van der Waals surface area contributed by atoms with Gasteiger partial charge in [-0.25, -0.2) is 9.82 Å². The molecular formula is C16H25FN2O. The molecule has 20 heavy (non-hydrogen) atoms. The van der Waals surface area contributed by atoms with E-state index < -0.39 is 5.60 Å². The van der Waals surface area contributed by atoms with Crippen LogP contribution in [0.25, 0.3) is 0 Å². The van der Waals surface area contributed by atoms with Crippen molar-refractivity contribution in [2.75, 3.05) is 6.61 Å². The van der Waals surface area contributed by atoms with Crippen LogP contribution in [-0.2, 0) is 4.74 Å². The summed E-state index contributed by atoms with van der Waals surface area (Å²) in [7, 11) is 0. The summed E-state index contributed by atoms with van der Waals surface area (Å²) in [6, 6.07) is 6.50. The van der Waals surface area contributed by atoms with Gasteiger partial charge < -0.3 is 4.74 Å². The van der Waals surface area contributed by atoms with Gasteiger partial charge in [-0.15, -0.1) is 0 Å². The van der Waals surface area contributed by atoms with Crippen molar-refractivity contribution in [3.63, 3.8) is 0 Å². The summed E-state index contributed by atoms with van der Waals surface area (Å²) in [5, 5.41) is 0. The molecule has 3 nitrogen and oxygen atoms in total. The summed E-state index contributed by atoms with van der Waals surface area (Å²) in [6.07, 6.45) is 4.11. The Morgan fingerprint density at radius 3 is 2.85 bits per heavy atom. The predicted molar refractivity (Wildman–Crippen MR) is 78.5 cm³/mol. The van der Waals surface area contributed by atoms with Crippen molar-refractivity contribution in [1.29, 1.82) is 0 Å². The summed E-state index contributed by atoms with van der Waals surface area (Å²) in [6.45, 7) is 4.82. The Balaban J connectivity index is 2.37. The van der Waals surface area contributed by atoms with Gasteiger partial charge in [-0.1, -0.05) is 38.0 Å². The van der Waals surface area contributed by atoms with Crippen LogP contribution in [0, 0.1) is 11.7 Å². The van der Waals surface area contributed by atoms with E-state index in [-0.39, 0.29) is 11.9 Å². The number of rotatable bonds is 5. The molecule has 0 radical (unpaired) electrons. The Morgan fingerprint density at radius 1 is 1.50 bits per heavy atom. The van der Waals surface area contributed by atoms with Gasteiger partial charge in [-0.2, -0.15) is 0 Å². The van der Waals surface area contributed by atoms with Crippen molar-refractivity contribution in [3.05, 3.63) is 35.6 Å². The SMILES string of the molecule is CCOC1(C(NN)c2ccccc2F)CCCC(C)C1. The molecule has 4 heteroatoms. The molecular weight excluding hydrogens is 255 g/mol. The first-order chi connectivity index (χ1) is 9.63. The van der Waals surface area contributed by atoms with E-state index in [0.29, 0.717) is 18.1 Å². The fourth-order valence-electron chi connectivity index (χ4n) is 3.54. The second kappa shape index (κ2) is 6.66. The van der Waals surface area contributed by atoms with Gasteiger partial charge in [0.15, 0.2) is 0 Å². The third-order valence-corrected chi connectivity index (χ3v) is 4.33. The third-order valence-electron chi connectivity index (χ3n) is 4.33. The molecule has 1 aromatic rings.